The maximum Gasteiger partial charge on any atom is 0.335 e. The minimum atomic E-state index is -0.918. The van der Waals surface area contributed by atoms with Crippen molar-refractivity contribution >= 4 is 16.9 Å². The number of fused-ring (bicyclic) bond motifs is 1. The number of hydrogen-bond acceptors (Lipinski definition) is 2. The summed E-state index contributed by atoms with van der Waals surface area (Å²) in [7, 11) is 0. The first kappa shape index (κ1) is 12.3. The van der Waals surface area contributed by atoms with Crippen molar-refractivity contribution in [2.24, 2.45) is 0 Å². The molecule has 4 nitrogen and oxygen atoms in total. The fourth-order valence-corrected chi connectivity index (χ4v) is 2.27. The fourth-order valence-electron chi connectivity index (χ4n) is 2.27. The quantitative estimate of drug-likeness (QED) is 0.766. The molecular formula is C16H13NO3. The molecule has 1 heterocycles. The Kier molecular flexibility index (Phi) is 2.91. The van der Waals surface area contributed by atoms with Crippen LogP contribution in [0.3, 0.4) is 0 Å². The monoisotopic (exact) mass is 267 g/mol. The number of aromatic nitrogens is 1. The molecule has 20 heavy (non-hydrogen) atoms. The Hall–Kier alpha value is -2.75. The maximum absolute atomic E-state index is 10.9. The number of rotatable bonds is 3. The molecule has 0 unspecified atom stereocenters. The summed E-state index contributed by atoms with van der Waals surface area (Å²) in [6.45, 7) is 0.677. The Labute approximate surface area is 115 Å². The van der Waals surface area contributed by atoms with Crippen LogP contribution in [-0.4, -0.2) is 20.7 Å². The lowest BCUT2D eigenvalue weighted by Gasteiger charge is -2.06. The molecule has 1 aromatic heterocycles. The van der Waals surface area contributed by atoms with E-state index in [1.807, 2.05) is 35.0 Å². The van der Waals surface area contributed by atoms with Crippen LogP contribution in [0, 0.1) is 0 Å². The minimum absolute atomic E-state index is 0.247. The van der Waals surface area contributed by atoms with Crippen LogP contribution in [0.4, 0.5) is 0 Å². The van der Waals surface area contributed by atoms with Gasteiger partial charge in [0.15, 0.2) is 0 Å². The molecule has 4 heteroatoms. The molecule has 0 atom stereocenters. The summed E-state index contributed by atoms with van der Waals surface area (Å²) in [5.41, 5.74) is 2.35. The molecule has 2 aromatic carbocycles. The Bertz CT molecular complexity index is 772. The molecule has 2 N–H and O–H groups in total. The van der Waals surface area contributed by atoms with Gasteiger partial charge in [0.1, 0.15) is 5.75 Å². The van der Waals surface area contributed by atoms with Gasteiger partial charge in [0.05, 0.1) is 5.56 Å². The van der Waals surface area contributed by atoms with E-state index in [1.54, 1.807) is 24.3 Å². The maximum atomic E-state index is 10.9. The molecule has 0 aliphatic carbocycles. The van der Waals surface area contributed by atoms with Crippen LogP contribution in [0.25, 0.3) is 10.9 Å². The van der Waals surface area contributed by atoms with Gasteiger partial charge in [0.25, 0.3) is 0 Å². The third-order valence-corrected chi connectivity index (χ3v) is 3.31. The molecule has 0 bridgehead atoms. The molecule has 0 radical (unpaired) electrons. The zero-order valence-corrected chi connectivity index (χ0v) is 10.7. The molecule has 0 saturated carbocycles. The standard InChI is InChI=1S/C16H13NO3/c18-14-4-1-11(2-5-14)10-17-8-7-12-9-13(16(19)20)3-6-15(12)17/h1-9,18H,10H2,(H,19,20). The predicted molar refractivity (Wildman–Crippen MR) is 76.1 cm³/mol. The van der Waals surface area contributed by atoms with Gasteiger partial charge in [-0.3, -0.25) is 0 Å². The Morgan fingerprint density at radius 1 is 1.05 bits per heavy atom. The van der Waals surface area contributed by atoms with E-state index in [2.05, 4.69) is 0 Å². The highest BCUT2D eigenvalue weighted by molar-refractivity contribution is 5.93. The third kappa shape index (κ3) is 2.23. The van der Waals surface area contributed by atoms with Gasteiger partial charge in [-0.1, -0.05) is 12.1 Å². The summed E-state index contributed by atoms with van der Waals surface area (Å²) in [6, 6.07) is 14.1. The molecule has 0 spiro atoms. The first-order chi connectivity index (χ1) is 9.63. The molecule has 100 valence electrons. The summed E-state index contributed by atoms with van der Waals surface area (Å²) >= 11 is 0. The number of aromatic hydroxyl groups is 1. The van der Waals surface area contributed by atoms with Crippen molar-refractivity contribution in [3.05, 3.63) is 65.9 Å². The van der Waals surface area contributed by atoms with Crippen LogP contribution in [0.1, 0.15) is 15.9 Å². The topological polar surface area (TPSA) is 62.5 Å². The summed E-state index contributed by atoms with van der Waals surface area (Å²) in [6.07, 6.45) is 1.93. The zero-order valence-electron chi connectivity index (χ0n) is 10.7. The van der Waals surface area contributed by atoms with Gasteiger partial charge in [-0.15, -0.1) is 0 Å². The van der Waals surface area contributed by atoms with Crippen molar-refractivity contribution in [2.45, 2.75) is 6.54 Å². The number of aromatic carboxylic acids is 1. The van der Waals surface area contributed by atoms with Crippen molar-refractivity contribution in [2.75, 3.05) is 0 Å². The van der Waals surface area contributed by atoms with Crippen molar-refractivity contribution in [3.8, 4) is 5.75 Å². The average molecular weight is 267 g/mol. The van der Waals surface area contributed by atoms with E-state index in [0.29, 0.717) is 12.1 Å². The molecule has 0 saturated heterocycles. The van der Waals surface area contributed by atoms with Gasteiger partial charge in [-0.2, -0.15) is 0 Å². The van der Waals surface area contributed by atoms with Crippen LogP contribution >= 0.6 is 0 Å². The average Bonchev–Trinajstić information content (AvgIpc) is 2.84. The van der Waals surface area contributed by atoms with E-state index < -0.39 is 5.97 Å². The number of nitrogens with zero attached hydrogens (tertiary/aromatic N) is 1. The predicted octanol–water partition coefficient (Wildman–Crippen LogP) is 3.09. The van der Waals surface area contributed by atoms with Crippen LogP contribution < -0.4 is 0 Å². The van der Waals surface area contributed by atoms with Gasteiger partial charge < -0.3 is 14.8 Å². The van der Waals surface area contributed by atoms with E-state index in [-0.39, 0.29) is 5.75 Å². The highest BCUT2D eigenvalue weighted by Gasteiger charge is 2.07. The summed E-state index contributed by atoms with van der Waals surface area (Å²) < 4.78 is 2.05. The van der Waals surface area contributed by atoms with Gasteiger partial charge >= 0.3 is 5.97 Å². The van der Waals surface area contributed by atoms with Crippen LogP contribution in [0.5, 0.6) is 5.75 Å². The summed E-state index contributed by atoms with van der Waals surface area (Å²) in [5, 5.41) is 19.2. The Balaban J connectivity index is 1.96. The second kappa shape index (κ2) is 4.74. The van der Waals surface area contributed by atoms with Gasteiger partial charge in [-0.05, 0) is 42.0 Å². The first-order valence-corrected chi connectivity index (χ1v) is 6.23. The van der Waals surface area contributed by atoms with Crippen LogP contribution in [0.2, 0.25) is 0 Å². The number of carboxylic acid groups (broad SMARTS) is 1. The van der Waals surface area contributed by atoms with Crippen molar-refractivity contribution in [3.63, 3.8) is 0 Å². The van der Waals surface area contributed by atoms with Crippen molar-refractivity contribution in [1.29, 1.82) is 0 Å². The SMILES string of the molecule is O=C(O)c1ccc2c(ccn2Cc2ccc(O)cc2)c1. The zero-order chi connectivity index (χ0) is 14.1. The number of carboxylic acids is 1. The second-order valence-electron chi connectivity index (χ2n) is 4.69. The molecule has 0 fully saturated rings. The van der Waals surface area contributed by atoms with E-state index >= 15 is 0 Å². The molecule has 3 rings (SSSR count). The molecule has 3 aromatic rings. The minimum Gasteiger partial charge on any atom is -0.508 e. The lowest BCUT2D eigenvalue weighted by molar-refractivity contribution is 0.0697. The molecular weight excluding hydrogens is 254 g/mol. The van der Waals surface area contributed by atoms with Gasteiger partial charge in [0, 0.05) is 23.6 Å². The fraction of sp³-hybridized carbons (Fsp3) is 0.0625. The van der Waals surface area contributed by atoms with Gasteiger partial charge in [-0.25, -0.2) is 4.79 Å². The highest BCUT2D eigenvalue weighted by atomic mass is 16.4. The number of phenolic OH excluding ortho intramolecular Hbond substituents is 1. The van der Waals surface area contributed by atoms with E-state index in [4.69, 9.17) is 5.11 Å². The number of phenols is 1. The lowest BCUT2D eigenvalue weighted by atomic mass is 10.1. The van der Waals surface area contributed by atoms with Crippen molar-refractivity contribution in [1.82, 2.24) is 4.57 Å². The van der Waals surface area contributed by atoms with E-state index in [1.165, 1.54) is 0 Å². The third-order valence-electron chi connectivity index (χ3n) is 3.31. The van der Waals surface area contributed by atoms with Crippen molar-refractivity contribution < 1.29 is 15.0 Å². The lowest BCUT2D eigenvalue weighted by Crippen LogP contribution is -1.99. The number of hydrogen-bond donors (Lipinski definition) is 2. The molecule has 0 aliphatic rings. The molecule has 0 aliphatic heterocycles. The number of carbonyl (C=O) groups is 1. The summed E-state index contributed by atoms with van der Waals surface area (Å²) in [4.78, 5) is 10.9. The normalized spacial score (nSPS) is 10.8. The van der Waals surface area contributed by atoms with Crippen LogP contribution in [-0.2, 0) is 6.54 Å². The van der Waals surface area contributed by atoms with E-state index in [9.17, 15) is 9.90 Å². The van der Waals surface area contributed by atoms with E-state index in [0.717, 1.165) is 16.5 Å². The summed E-state index contributed by atoms with van der Waals surface area (Å²) in [5.74, 6) is -0.671. The van der Waals surface area contributed by atoms with Gasteiger partial charge in [0.2, 0.25) is 0 Å². The van der Waals surface area contributed by atoms with Crippen LogP contribution in [0.15, 0.2) is 54.7 Å². The second-order valence-corrected chi connectivity index (χ2v) is 4.69. The number of benzene rings is 2. The Morgan fingerprint density at radius 3 is 2.50 bits per heavy atom. The molecule has 0 amide bonds. The Morgan fingerprint density at radius 2 is 1.80 bits per heavy atom. The first-order valence-electron chi connectivity index (χ1n) is 6.23. The largest absolute Gasteiger partial charge is 0.508 e. The smallest absolute Gasteiger partial charge is 0.335 e. The highest BCUT2D eigenvalue weighted by Crippen LogP contribution is 2.20.